The average molecular weight is 501 g/mol. The molecule has 0 radical (unpaired) electrons. The lowest BCUT2D eigenvalue weighted by atomic mass is 10.1. The summed E-state index contributed by atoms with van der Waals surface area (Å²) in [6.45, 7) is 8.35. The molecule has 0 atom stereocenters. The number of thiazole rings is 1. The van der Waals surface area contributed by atoms with Gasteiger partial charge in [0, 0.05) is 49.8 Å². The Labute approximate surface area is 213 Å². The molecule has 0 amide bonds. The first-order valence-corrected chi connectivity index (χ1v) is 12.0. The fourth-order valence-corrected chi connectivity index (χ4v) is 4.51. The molecule has 0 unspecified atom stereocenters. The van der Waals surface area contributed by atoms with Crippen molar-refractivity contribution in [2.24, 2.45) is 0 Å². The number of carbonyl (C=O) groups excluding carboxylic acids is 2. The molecule has 0 N–H and O–H groups in total. The highest BCUT2D eigenvalue weighted by molar-refractivity contribution is 7.08. The summed E-state index contributed by atoms with van der Waals surface area (Å²) in [5.74, 6) is -0.0983. The molecule has 0 saturated carbocycles. The lowest BCUT2D eigenvalue weighted by molar-refractivity contribution is -0.132. The highest BCUT2D eigenvalue weighted by atomic mass is 32.1. The van der Waals surface area contributed by atoms with E-state index in [1.54, 1.807) is 24.3 Å². The van der Waals surface area contributed by atoms with Gasteiger partial charge in [-0.05, 0) is 56.3 Å². The summed E-state index contributed by atoms with van der Waals surface area (Å²) < 4.78 is 11.6. The standard InChI is InChI=1S/C27H24N4O4S/c1-5-31(6-2)22-10-7-20(24(14-22)35-18(4)33)13-25-26(30-27(36-25)21(15-28)16-29)19-8-11-23(12-9-19)34-17(3)32/h7-14H,5-6H2,1-4H3/b25-13+. The van der Waals surface area contributed by atoms with Crippen LogP contribution in [0.15, 0.2) is 42.5 Å². The number of benzene rings is 2. The summed E-state index contributed by atoms with van der Waals surface area (Å²) in [4.78, 5) is 29.8. The second-order valence-corrected chi connectivity index (χ2v) is 8.61. The first-order valence-electron chi connectivity index (χ1n) is 11.2. The van der Waals surface area contributed by atoms with Gasteiger partial charge < -0.3 is 14.4 Å². The molecule has 2 aromatic carbocycles. The molecule has 0 fully saturated rings. The van der Waals surface area contributed by atoms with Crippen molar-refractivity contribution in [1.29, 1.82) is 10.5 Å². The number of esters is 2. The van der Waals surface area contributed by atoms with Crippen molar-refractivity contribution in [3.8, 4) is 34.9 Å². The Morgan fingerprint density at radius 2 is 1.64 bits per heavy atom. The van der Waals surface area contributed by atoms with E-state index in [9.17, 15) is 20.1 Å². The molecule has 0 spiro atoms. The van der Waals surface area contributed by atoms with E-state index in [1.807, 2.05) is 50.3 Å². The highest BCUT2D eigenvalue weighted by Crippen LogP contribution is 2.27. The van der Waals surface area contributed by atoms with Crippen LogP contribution in [0.5, 0.6) is 11.5 Å². The number of hydrogen-bond donors (Lipinski definition) is 0. The molecule has 0 bridgehead atoms. The third-order valence-electron chi connectivity index (χ3n) is 5.15. The Morgan fingerprint density at radius 1 is 1.00 bits per heavy atom. The molecule has 3 rings (SSSR count). The topological polar surface area (TPSA) is 116 Å². The third-order valence-corrected chi connectivity index (χ3v) is 6.17. The largest absolute Gasteiger partial charge is 0.427 e. The van der Waals surface area contributed by atoms with Crippen molar-refractivity contribution in [3.05, 3.63) is 57.2 Å². The summed E-state index contributed by atoms with van der Waals surface area (Å²) >= 11 is 1.18. The first-order chi connectivity index (χ1) is 17.3. The van der Waals surface area contributed by atoms with Crippen molar-refractivity contribution in [1.82, 2.24) is 4.98 Å². The molecular weight excluding hydrogens is 476 g/mol. The normalized spacial score (nSPS) is 10.8. The number of ether oxygens (including phenoxy) is 2. The predicted molar refractivity (Wildman–Crippen MR) is 138 cm³/mol. The molecule has 0 aliphatic rings. The maximum absolute atomic E-state index is 11.8. The molecule has 1 aromatic heterocycles. The lowest BCUT2D eigenvalue weighted by Crippen LogP contribution is -2.21. The fraction of sp³-hybridized carbons (Fsp3) is 0.222. The number of nitriles is 2. The minimum absolute atomic E-state index is 0.102. The molecule has 9 heteroatoms. The van der Waals surface area contributed by atoms with E-state index in [1.165, 1.54) is 25.2 Å². The second kappa shape index (κ2) is 11.8. The summed E-state index contributed by atoms with van der Waals surface area (Å²) in [5.41, 5.74) is 2.70. The van der Waals surface area contributed by atoms with E-state index in [0.717, 1.165) is 18.8 Å². The second-order valence-electron chi connectivity index (χ2n) is 7.58. The van der Waals surface area contributed by atoms with Crippen LogP contribution in [0.25, 0.3) is 22.9 Å². The summed E-state index contributed by atoms with van der Waals surface area (Å²) in [6, 6.07) is 16.1. The molecule has 36 heavy (non-hydrogen) atoms. The van der Waals surface area contributed by atoms with E-state index >= 15 is 0 Å². The molecule has 182 valence electrons. The van der Waals surface area contributed by atoms with E-state index in [-0.39, 0.29) is 10.2 Å². The van der Waals surface area contributed by atoms with Crippen molar-refractivity contribution in [3.63, 3.8) is 0 Å². The van der Waals surface area contributed by atoms with Gasteiger partial charge in [-0.2, -0.15) is 10.5 Å². The zero-order valence-corrected chi connectivity index (χ0v) is 21.2. The smallest absolute Gasteiger partial charge is 0.308 e. The summed E-state index contributed by atoms with van der Waals surface area (Å²) in [5, 5.41) is 18.7. The number of nitrogens with zero attached hydrogens (tertiary/aromatic N) is 4. The van der Waals surface area contributed by atoms with Gasteiger partial charge >= 0.3 is 11.9 Å². The SMILES string of the molecule is CCN(CC)c1ccc(/C=c2/sc(=C(C#N)C#N)nc2-c2ccc(OC(C)=O)cc2)c(OC(C)=O)c1. The van der Waals surface area contributed by atoms with Crippen LogP contribution >= 0.6 is 11.3 Å². The Bertz CT molecular complexity index is 1470. The van der Waals surface area contributed by atoms with Crippen molar-refractivity contribution in [2.45, 2.75) is 27.7 Å². The molecule has 8 nitrogen and oxygen atoms in total. The zero-order chi connectivity index (χ0) is 26.2. The number of rotatable bonds is 7. The van der Waals surface area contributed by atoms with Gasteiger partial charge in [0.1, 0.15) is 28.3 Å². The van der Waals surface area contributed by atoms with Crippen LogP contribution in [0.4, 0.5) is 5.69 Å². The minimum atomic E-state index is -0.447. The van der Waals surface area contributed by atoms with Crippen molar-refractivity contribution in [2.75, 3.05) is 18.0 Å². The Morgan fingerprint density at radius 3 is 2.19 bits per heavy atom. The van der Waals surface area contributed by atoms with Crippen LogP contribution in [0.3, 0.4) is 0 Å². The highest BCUT2D eigenvalue weighted by Gasteiger charge is 2.13. The first kappa shape index (κ1) is 26.1. The fourth-order valence-electron chi connectivity index (χ4n) is 3.52. The molecule has 0 aliphatic carbocycles. The maximum Gasteiger partial charge on any atom is 0.308 e. The van der Waals surface area contributed by atoms with Gasteiger partial charge in [0.15, 0.2) is 5.57 Å². The summed E-state index contributed by atoms with van der Waals surface area (Å²) in [6.07, 6.45) is 1.81. The minimum Gasteiger partial charge on any atom is -0.427 e. The third kappa shape index (κ3) is 6.15. The van der Waals surface area contributed by atoms with Crippen LogP contribution in [0.2, 0.25) is 0 Å². The number of carbonyl (C=O) groups is 2. The Kier molecular flexibility index (Phi) is 8.56. The van der Waals surface area contributed by atoms with E-state index < -0.39 is 11.9 Å². The van der Waals surface area contributed by atoms with Crippen LogP contribution in [-0.4, -0.2) is 30.0 Å². The van der Waals surface area contributed by atoms with E-state index in [4.69, 9.17) is 9.47 Å². The van der Waals surface area contributed by atoms with Crippen LogP contribution < -0.4 is 23.6 Å². The van der Waals surface area contributed by atoms with Gasteiger partial charge in [-0.1, -0.05) is 0 Å². The van der Waals surface area contributed by atoms with Gasteiger partial charge in [-0.15, -0.1) is 11.3 Å². The van der Waals surface area contributed by atoms with Crippen LogP contribution in [-0.2, 0) is 9.59 Å². The van der Waals surface area contributed by atoms with Crippen LogP contribution in [0.1, 0.15) is 33.3 Å². The molecular formula is C27H24N4O4S. The number of anilines is 1. The predicted octanol–water partition coefficient (Wildman–Crippen LogP) is 3.53. The molecule has 1 heterocycles. The number of hydrogen-bond acceptors (Lipinski definition) is 9. The number of aromatic nitrogens is 1. The van der Waals surface area contributed by atoms with Gasteiger partial charge in [-0.3, -0.25) is 9.59 Å². The molecule has 0 aliphatic heterocycles. The Hall–Kier alpha value is -4.47. The lowest BCUT2D eigenvalue weighted by Gasteiger charge is -2.22. The van der Waals surface area contributed by atoms with Crippen LogP contribution in [0, 0.1) is 22.7 Å². The monoisotopic (exact) mass is 500 g/mol. The van der Waals surface area contributed by atoms with Gasteiger partial charge in [0.2, 0.25) is 0 Å². The van der Waals surface area contributed by atoms with Crippen molar-refractivity contribution < 1.29 is 19.1 Å². The average Bonchev–Trinajstić information content (AvgIpc) is 3.25. The van der Waals surface area contributed by atoms with Gasteiger partial charge in [0.05, 0.1) is 10.2 Å². The maximum atomic E-state index is 11.8. The van der Waals surface area contributed by atoms with E-state index in [2.05, 4.69) is 9.88 Å². The quantitative estimate of drug-likeness (QED) is 0.357. The van der Waals surface area contributed by atoms with E-state index in [0.29, 0.717) is 32.9 Å². The van der Waals surface area contributed by atoms with Gasteiger partial charge in [-0.25, -0.2) is 4.98 Å². The summed E-state index contributed by atoms with van der Waals surface area (Å²) in [7, 11) is 0. The molecule has 3 aromatic rings. The van der Waals surface area contributed by atoms with Crippen molar-refractivity contribution >= 4 is 40.6 Å². The zero-order valence-electron chi connectivity index (χ0n) is 20.4. The molecule has 0 saturated heterocycles. The van der Waals surface area contributed by atoms with Gasteiger partial charge in [0.25, 0.3) is 0 Å². The Balaban J connectivity index is 2.24.